The monoisotopic (exact) mass is 536 g/mol. The van der Waals surface area contributed by atoms with Crippen LogP contribution >= 0.6 is 11.3 Å². The average Bonchev–Trinajstić information content (AvgIpc) is 3.76. The Labute approximate surface area is 223 Å². The molecule has 3 aromatic heterocycles. The number of nitrogens with one attached hydrogen (secondary N) is 1. The summed E-state index contributed by atoms with van der Waals surface area (Å²) >= 11 is 1.50. The highest BCUT2D eigenvalue weighted by atomic mass is 32.1. The maximum absolute atomic E-state index is 13.7. The van der Waals surface area contributed by atoms with E-state index in [0.29, 0.717) is 30.5 Å². The van der Waals surface area contributed by atoms with Crippen LogP contribution in [0.25, 0.3) is 11.4 Å². The van der Waals surface area contributed by atoms with Crippen molar-refractivity contribution in [1.82, 2.24) is 30.4 Å². The predicted molar refractivity (Wildman–Crippen MR) is 138 cm³/mol. The summed E-state index contributed by atoms with van der Waals surface area (Å²) in [5.41, 5.74) is 0.738. The van der Waals surface area contributed by atoms with E-state index in [1.807, 2.05) is 29.6 Å². The quantitative estimate of drug-likeness (QED) is 0.310. The van der Waals surface area contributed by atoms with E-state index in [1.54, 1.807) is 31.4 Å². The van der Waals surface area contributed by atoms with E-state index >= 15 is 0 Å². The van der Waals surface area contributed by atoms with Crippen LogP contribution in [0.15, 0.2) is 64.6 Å². The van der Waals surface area contributed by atoms with Gasteiger partial charge in [-0.05, 0) is 65.9 Å². The lowest BCUT2D eigenvalue weighted by atomic mass is 10.1. The molecule has 0 aliphatic carbocycles. The van der Waals surface area contributed by atoms with Gasteiger partial charge >= 0.3 is 0 Å². The molecule has 4 aromatic rings. The van der Waals surface area contributed by atoms with Crippen molar-refractivity contribution in [1.29, 1.82) is 0 Å². The topological polar surface area (TPSA) is 125 Å². The Morgan fingerprint density at radius 1 is 1.24 bits per heavy atom. The largest absolute Gasteiger partial charge is 0.497 e. The number of aromatic nitrogens is 4. The molecule has 198 valence electrons. The molecule has 38 heavy (non-hydrogen) atoms. The van der Waals surface area contributed by atoms with Crippen LogP contribution in [0.5, 0.6) is 5.75 Å². The minimum atomic E-state index is -0.981. The molecule has 1 saturated heterocycles. The lowest BCUT2D eigenvalue weighted by Gasteiger charge is -2.29. The van der Waals surface area contributed by atoms with Crippen molar-refractivity contribution in [3.05, 3.63) is 70.8 Å². The molecule has 1 aliphatic rings. The standard InChI is InChI=1S/C26H28N6O5S/c1-35-19-10-8-18(9-11-19)25-28-30-32(29-25)17-23(33)31(16-21-6-4-14-38-21)24(22-7-3-13-37-22)26(34)27-15-20-5-2-12-36-20/h3-4,6-11,13-14,20,24H,2,5,12,15-17H2,1H3,(H,27,34)/t20-,24+/m0/s1. The van der Waals surface area contributed by atoms with Gasteiger partial charge in [0.2, 0.25) is 11.7 Å². The SMILES string of the molecule is COc1ccc(-c2nnn(CC(=O)N(Cc3cccs3)[C@@H](C(=O)NC[C@@H]3CCCO3)c3ccco3)n2)cc1. The number of furan rings is 1. The van der Waals surface area contributed by atoms with E-state index < -0.39 is 6.04 Å². The normalized spacial score (nSPS) is 15.8. The second kappa shape index (κ2) is 12.0. The molecule has 4 heterocycles. The second-order valence-electron chi connectivity index (χ2n) is 8.77. The number of hydrogen-bond donors (Lipinski definition) is 1. The lowest BCUT2D eigenvalue weighted by Crippen LogP contribution is -2.46. The van der Waals surface area contributed by atoms with Crippen molar-refractivity contribution in [2.75, 3.05) is 20.3 Å². The molecule has 0 saturated carbocycles. The van der Waals surface area contributed by atoms with E-state index in [1.165, 1.54) is 27.3 Å². The summed E-state index contributed by atoms with van der Waals surface area (Å²) in [7, 11) is 1.59. The van der Waals surface area contributed by atoms with Crippen molar-refractivity contribution in [3.63, 3.8) is 0 Å². The fourth-order valence-corrected chi connectivity index (χ4v) is 4.96. The number of methoxy groups -OCH3 is 1. The van der Waals surface area contributed by atoms with Gasteiger partial charge in [-0.25, -0.2) is 0 Å². The van der Waals surface area contributed by atoms with E-state index in [9.17, 15) is 9.59 Å². The van der Waals surface area contributed by atoms with Gasteiger partial charge in [-0.3, -0.25) is 9.59 Å². The van der Waals surface area contributed by atoms with Crippen LogP contribution in [0, 0.1) is 0 Å². The summed E-state index contributed by atoms with van der Waals surface area (Å²) in [5.74, 6) is 0.756. The first-order valence-corrected chi connectivity index (χ1v) is 13.2. The average molecular weight is 537 g/mol. The summed E-state index contributed by atoms with van der Waals surface area (Å²) in [6, 6.07) is 13.5. The van der Waals surface area contributed by atoms with Gasteiger partial charge in [-0.1, -0.05) is 6.07 Å². The van der Waals surface area contributed by atoms with Crippen LogP contribution in [0.3, 0.4) is 0 Å². The third-order valence-corrected chi connectivity index (χ3v) is 7.07. The van der Waals surface area contributed by atoms with Crippen LogP contribution < -0.4 is 10.1 Å². The second-order valence-corrected chi connectivity index (χ2v) is 9.80. The molecule has 5 rings (SSSR count). The van der Waals surface area contributed by atoms with E-state index in [-0.39, 0.29) is 31.0 Å². The summed E-state index contributed by atoms with van der Waals surface area (Å²) in [6.07, 6.45) is 3.31. The zero-order chi connectivity index (χ0) is 26.3. The number of ether oxygens (including phenoxy) is 2. The summed E-state index contributed by atoms with van der Waals surface area (Å²) < 4.78 is 16.5. The van der Waals surface area contributed by atoms with Gasteiger partial charge in [-0.2, -0.15) is 4.80 Å². The Kier molecular flexibility index (Phi) is 8.09. The molecule has 0 unspecified atom stereocenters. The summed E-state index contributed by atoms with van der Waals surface area (Å²) in [4.78, 5) is 30.8. The minimum absolute atomic E-state index is 0.0339. The zero-order valence-electron chi connectivity index (χ0n) is 20.9. The molecule has 11 nitrogen and oxygen atoms in total. The van der Waals surface area contributed by atoms with Crippen molar-refractivity contribution < 1.29 is 23.5 Å². The van der Waals surface area contributed by atoms with Gasteiger partial charge in [0.05, 0.1) is 26.0 Å². The molecule has 12 heteroatoms. The molecule has 1 aromatic carbocycles. The molecule has 1 aliphatic heterocycles. The number of nitrogens with zero attached hydrogens (tertiary/aromatic N) is 5. The Morgan fingerprint density at radius 3 is 2.79 bits per heavy atom. The Hall–Kier alpha value is -4.03. The number of carbonyl (C=O) groups excluding carboxylic acids is 2. The summed E-state index contributed by atoms with van der Waals surface area (Å²) in [5, 5.41) is 17.4. The molecule has 0 bridgehead atoms. The number of tetrazole rings is 1. The maximum Gasteiger partial charge on any atom is 0.250 e. The Morgan fingerprint density at radius 2 is 2.11 bits per heavy atom. The van der Waals surface area contributed by atoms with Crippen LogP contribution in [0.4, 0.5) is 0 Å². The molecule has 1 fully saturated rings. The van der Waals surface area contributed by atoms with Crippen LogP contribution in [-0.2, 0) is 27.4 Å². The number of carbonyl (C=O) groups is 2. The first-order chi connectivity index (χ1) is 18.6. The molecule has 2 amide bonds. The lowest BCUT2D eigenvalue weighted by molar-refractivity contribution is -0.143. The summed E-state index contributed by atoms with van der Waals surface area (Å²) in [6.45, 7) is 1.07. The number of benzene rings is 1. The van der Waals surface area contributed by atoms with Gasteiger partial charge in [-0.15, -0.1) is 21.5 Å². The van der Waals surface area contributed by atoms with Gasteiger partial charge < -0.3 is 24.1 Å². The van der Waals surface area contributed by atoms with Crippen molar-refractivity contribution in [2.45, 2.75) is 38.1 Å². The highest BCUT2D eigenvalue weighted by Crippen LogP contribution is 2.26. The van der Waals surface area contributed by atoms with Crippen molar-refractivity contribution >= 4 is 23.2 Å². The van der Waals surface area contributed by atoms with Crippen LogP contribution in [0.1, 0.15) is 29.5 Å². The first-order valence-electron chi connectivity index (χ1n) is 12.3. The van der Waals surface area contributed by atoms with E-state index in [0.717, 1.165) is 23.3 Å². The molecule has 2 atom stereocenters. The third-order valence-electron chi connectivity index (χ3n) is 6.21. The molecular weight excluding hydrogens is 508 g/mol. The zero-order valence-corrected chi connectivity index (χ0v) is 21.7. The van der Waals surface area contributed by atoms with Gasteiger partial charge in [0.1, 0.15) is 18.1 Å². The highest BCUT2D eigenvalue weighted by molar-refractivity contribution is 7.09. The van der Waals surface area contributed by atoms with E-state index in [4.69, 9.17) is 13.9 Å². The first kappa shape index (κ1) is 25.6. The van der Waals surface area contributed by atoms with Crippen molar-refractivity contribution in [3.8, 4) is 17.1 Å². The fourth-order valence-electron chi connectivity index (χ4n) is 4.26. The molecule has 0 spiro atoms. The Balaban J connectivity index is 1.37. The van der Waals surface area contributed by atoms with Gasteiger partial charge in [0.15, 0.2) is 6.04 Å². The van der Waals surface area contributed by atoms with Crippen LogP contribution in [0.2, 0.25) is 0 Å². The number of thiophene rings is 1. The maximum atomic E-state index is 13.7. The number of rotatable bonds is 11. The van der Waals surface area contributed by atoms with Gasteiger partial charge in [0.25, 0.3) is 5.91 Å². The minimum Gasteiger partial charge on any atom is -0.497 e. The predicted octanol–water partition coefficient (Wildman–Crippen LogP) is 3.07. The highest BCUT2D eigenvalue weighted by Gasteiger charge is 2.35. The van der Waals surface area contributed by atoms with E-state index in [2.05, 4.69) is 20.7 Å². The molecule has 1 N–H and O–H groups in total. The van der Waals surface area contributed by atoms with Gasteiger partial charge in [0, 0.05) is 23.6 Å². The van der Waals surface area contributed by atoms with Crippen molar-refractivity contribution in [2.24, 2.45) is 0 Å². The fraction of sp³-hybridized carbons (Fsp3) is 0.346. The molecular formula is C26H28N6O5S. The smallest absolute Gasteiger partial charge is 0.250 e. The third kappa shape index (κ3) is 6.09. The number of amides is 2. The van der Waals surface area contributed by atoms with Crippen LogP contribution in [-0.4, -0.2) is 63.3 Å². The number of hydrogen-bond acceptors (Lipinski definition) is 9. The Bertz CT molecular complexity index is 1320. The molecule has 0 radical (unpaired) electrons.